The average molecular weight is 303 g/mol. The largest absolute Gasteiger partial charge is 0.493 e. The van der Waals surface area contributed by atoms with Crippen LogP contribution in [0.2, 0.25) is 0 Å². The fraction of sp³-hybridized carbons (Fsp3) is 0.154. The smallest absolute Gasteiger partial charge is 0.205 e. The number of nitriles is 1. The highest BCUT2D eigenvalue weighted by Gasteiger charge is 2.04. The molecular formula is C13H13N5O2S. The number of thiazole rings is 1. The van der Waals surface area contributed by atoms with E-state index in [9.17, 15) is 0 Å². The first-order chi connectivity index (χ1) is 10.2. The summed E-state index contributed by atoms with van der Waals surface area (Å²) >= 11 is 1.37. The number of hydrogen-bond donors (Lipinski definition) is 2. The number of nitrogens with one attached hydrogen (secondary N) is 1. The van der Waals surface area contributed by atoms with Crippen molar-refractivity contribution in [3.63, 3.8) is 0 Å². The second-order valence-electron chi connectivity index (χ2n) is 3.80. The average Bonchev–Trinajstić information content (AvgIpc) is 2.91. The first-order valence-electron chi connectivity index (χ1n) is 5.91. The molecule has 8 heteroatoms. The minimum absolute atomic E-state index is 0.0309. The van der Waals surface area contributed by atoms with Crippen molar-refractivity contribution in [1.82, 2.24) is 4.98 Å². The van der Waals surface area contributed by atoms with Crippen LogP contribution in [0.25, 0.3) is 0 Å². The number of aromatic nitrogens is 1. The fourth-order valence-corrected chi connectivity index (χ4v) is 2.04. The molecule has 0 amide bonds. The molecule has 0 aliphatic heterocycles. The Morgan fingerprint density at radius 1 is 1.52 bits per heavy atom. The van der Waals surface area contributed by atoms with Gasteiger partial charge in [0.05, 0.1) is 13.3 Å². The van der Waals surface area contributed by atoms with Crippen LogP contribution in [-0.2, 0) is 0 Å². The molecule has 0 aliphatic rings. The summed E-state index contributed by atoms with van der Waals surface area (Å²) in [6.45, 7) is -0.0309. The van der Waals surface area contributed by atoms with Crippen molar-refractivity contribution in [2.24, 2.45) is 5.10 Å². The molecule has 1 aromatic carbocycles. The molecule has 3 N–H and O–H groups in total. The summed E-state index contributed by atoms with van der Waals surface area (Å²) in [6, 6.07) is 7.19. The molecule has 21 heavy (non-hydrogen) atoms. The number of rotatable bonds is 6. The van der Waals surface area contributed by atoms with Gasteiger partial charge in [0, 0.05) is 5.38 Å². The third-order valence-electron chi connectivity index (χ3n) is 2.38. The van der Waals surface area contributed by atoms with Crippen LogP contribution >= 0.6 is 11.3 Å². The minimum Gasteiger partial charge on any atom is -0.493 e. The fourth-order valence-electron chi connectivity index (χ4n) is 1.49. The van der Waals surface area contributed by atoms with Crippen LogP contribution in [0.3, 0.4) is 0 Å². The molecule has 0 atom stereocenters. The summed E-state index contributed by atoms with van der Waals surface area (Å²) in [7, 11) is 1.53. The van der Waals surface area contributed by atoms with E-state index in [0.717, 1.165) is 5.56 Å². The van der Waals surface area contributed by atoms with Gasteiger partial charge in [-0.3, -0.25) is 5.43 Å². The van der Waals surface area contributed by atoms with E-state index in [0.29, 0.717) is 22.4 Å². The number of nitrogens with zero attached hydrogens (tertiary/aromatic N) is 3. The van der Waals surface area contributed by atoms with Crippen molar-refractivity contribution < 1.29 is 9.47 Å². The normalized spacial score (nSPS) is 10.3. The lowest BCUT2D eigenvalue weighted by atomic mass is 10.2. The van der Waals surface area contributed by atoms with E-state index in [2.05, 4.69) is 15.5 Å². The summed E-state index contributed by atoms with van der Waals surface area (Å²) in [6.07, 6.45) is 1.62. The zero-order valence-electron chi connectivity index (χ0n) is 11.2. The SMILES string of the molecule is COc1cc(C=NNc2nc(N)cs2)ccc1OCC#N. The maximum absolute atomic E-state index is 8.51. The van der Waals surface area contributed by atoms with Gasteiger partial charge >= 0.3 is 0 Å². The Morgan fingerprint density at radius 3 is 3.05 bits per heavy atom. The number of ether oxygens (including phenoxy) is 2. The van der Waals surface area contributed by atoms with E-state index >= 15 is 0 Å². The van der Waals surface area contributed by atoms with E-state index in [-0.39, 0.29) is 6.61 Å². The van der Waals surface area contributed by atoms with Gasteiger partial charge < -0.3 is 15.2 Å². The maximum atomic E-state index is 8.51. The van der Waals surface area contributed by atoms with Crippen molar-refractivity contribution in [2.45, 2.75) is 0 Å². The van der Waals surface area contributed by atoms with Crippen molar-refractivity contribution in [3.05, 3.63) is 29.1 Å². The maximum Gasteiger partial charge on any atom is 0.205 e. The predicted octanol–water partition coefficient (Wildman–Crippen LogP) is 2.08. The Labute approximate surface area is 125 Å². The lowest BCUT2D eigenvalue weighted by Gasteiger charge is -2.08. The molecule has 0 saturated carbocycles. The van der Waals surface area contributed by atoms with Crippen LogP contribution < -0.4 is 20.6 Å². The van der Waals surface area contributed by atoms with Crippen LogP contribution in [0.5, 0.6) is 11.5 Å². The van der Waals surface area contributed by atoms with Gasteiger partial charge in [-0.15, -0.1) is 11.3 Å². The standard InChI is InChI=1S/C13H13N5O2S/c1-19-11-6-9(2-3-10(11)20-5-4-14)7-16-18-13-17-12(15)8-21-13/h2-3,6-8H,5,15H2,1H3,(H,17,18). The monoisotopic (exact) mass is 303 g/mol. The Hall–Kier alpha value is -2.79. The molecule has 1 heterocycles. The van der Waals surface area contributed by atoms with E-state index in [4.69, 9.17) is 20.5 Å². The van der Waals surface area contributed by atoms with Gasteiger partial charge in [-0.1, -0.05) is 0 Å². The summed E-state index contributed by atoms with van der Waals surface area (Å²) in [4.78, 5) is 4.02. The number of nitrogens with two attached hydrogens (primary N) is 1. The van der Waals surface area contributed by atoms with Gasteiger partial charge in [0.25, 0.3) is 0 Å². The lowest BCUT2D eigenvalue weighted by Crippen LogP contribution is -1.98. The Balaban J connectivity index is 2.04. The van der Waals surface area contributed by atoms with Crippen molar-refractivity contribution in [2.75, 3.05) is 24.9 Å². The predicted molar refractivity (Wildman–Crippen MR) is 81.8 cm³/mol. The number of anilines is 2. The van der Waals surface area contributed by atoms with Crippen LogP contribution in [0.1, 0.15) is 5.56 Å². The van der Waals surface area contributed by atoms with Gasteiger partial charge in [-0.25, -0.2) is 4.98 Å². The van der Waals surface area contributed by atoms with Crippen molar-refractivity contribution in [1.29, 1.82) is 5.26 Å². The molecule has 1 aromatic heterocycles. The van der Waals surface area contributed by atoms with E-state index in [1.807, 2.05) is 6.07 Å². The topological polar surface area (TPSA) is 106 Å². The summed E-state index contributed by atoms with van der Waals surface area (Å²) in [5.74, 6) is 1.50. The first-order valence-corrected chi connectivity index (χ1v) is 6.78. The molecule has 108 valence electrons. The van der Waals surface area contributed by atoms with Gasteiger partial charge in [0.1, 0.15) is 11.9 Å². The number of methoxy groups -OCH3 is 1. The van der Waals surface area contributed by atoms with Gasteiger partial charge in [-0.2, -0.15) is 10.4 Å². The van der Waals surface area contributed by atoms with Crippen LogP contribution in [0.4, 0.5) is 10.9 Å². The third-order valence-corrected chi connectivity index (χ3v) is 3.14. The van der Waals surface area contributed by atoms with Crippen molar-refractivity contribution in [3.8, 4) is 17.6 Å². The Bertz CT molecular complexity index is 677. The zero-order chi connectivity index (χ0) is 15.1. The van der Waals surface area contributed by atoms with Gasteiger partial charge in [0.2, 0.25) is 5.13 Å². The molecule has 0 bridgehead atoms. The summed E-state index contributed by atoms with van der Waals surface area (Å²) in [5, 5.41) is 14.9. The number of benzene rings is 1. The molecule has 0 radical (unpaired) electrons. The Kier molecular flexibility index (Phi) is 4.95. The highest BCUT2D eigenvalue weighted by Crippen LogP contribution is 2.27. The molecule has 0 aliphatic carbocycles. The highest BCUT2D eigenvalue weighted by atomic mass is 32.1. The van der Waals surface area contributed by atoms with E-state index < -0.39 is 0 Å². The third kappa shape index (κ3) is 4.09. The lowest BCUT2D eigenvalue weighted by molar-refractivity contribution is 0.329. The van der Waals surface area contributed by atoms with Crippen molar-refractivity contribution >= 4 is 28.5 Å². The van der Waals surface area contributed by atoms with Crippen LogP contribution in [-0.4, -0.2) is 24.9 Å². The van der Waals surface area contributed by atoms with E-state index in [1.54, 1.807) is 29.8 Å². The zero-order valence-corrected chi connectivity index (χ0v) is 12.1. The molecular weight excluding hydrogens is 290 g/mol. The summed E-state index contributed by atoms with van der Waals surface area (Å²) in [5.41, 5.74) is 9.11. The Morgan fingerprint density at radius 2 is 2.38 bits per heavy atom. The summed E-state index contributed by atoms with van der Waals surface area (Å²) < 4.78 is 10.4. The molecule has 0 fully saturated rings. The van der Waals surface area contributed by atoms with Gasteiger partial charge in [-0.05, 0) is 23.8 Å². The number of hydrazone groups is 1. The molecule has 0 saturated heterocycles. The molecule has 0 spiro atoms. The highest BCUT2D eigenvalue weighted by molar-refractivity contribution is 7.14. The quantitative estimate of drug-likeness (QED) is 0.625. The number of nitrogen functional groups attached to an aromatic ring is 1. The van der Waals surface area contributed by atoms with Gasteiger partial charge in [0.15, 0.2) is 18.1 Å². The minimum atomic E-state index is -0.0309. The second-order valence-corrected chi connectivity index (χ2v) is 4.66. The molecule has 0 unspecified atom stereocenters. The molecule has 7 nitrogen and oxygen atoms in total. The van der Waals surface area contributed by atoms with Crippen LogP contribution in [0, 0.1) is 11.3 Å². The second kappa shape index (κ2) is 7.12. The molecule has 2 rings (SSSR count). The van der Waals surface area contributed by atoms with E-state index in [1.165, 1.54) is 18.4 Å². The number of hydrogen-bond acceptors (Lipinski definition) is 8. The molecule has 2 aromatic rings. The van der Waals surface area contributed by atoms with Crippen LogP contribution in [0.15, 0.2) is 28.7 Å². The first kappa shape index (κ1) is 14.6.